The van der Waals surface area contributed by atoms with Gasteiger partial charge in [0.25, 0.3) is 0 Å². The van der Waals surface area contributed by atoms with E-state index in [0.717, 1.165) is 8.79 Å². The molecule has 0 saturated heterocycles. The Hall–Kier alpha value is 0.0700. The van der Waals surface area contributed by atoms with Crippen LogP contribution in [0, 0.1) is 0 Å². The lowest BCUT2D eigenvalue weighted by Crippen LogP contribution is -2.14. The van der Waals surface area contributed by atoms with E-state index in [9.17, 15) is 5.11 Å². The van der Waals surface area contributed by atoms with E-state index in [1.54, 1.807) is 20.0 Å². The van der Waals surface area contributed by atoms with E-state index in [2.05, 4.69) is 20.9 Å². The third-order valence-corrected chi connectivity index (χ3v) is 2.79. The second-order valence-electron chi connectivity index (χ2n) is 2.53. The van der Waals surface area contributed by atoms with Crippen LogP contribution in [0.4, 0.5) is 0 Å². The Kier molecular flexibility index (Phi) is 2.12. The highest BCUT2D eigenvalue weighted by Crippen LogP contribution is 2.27. The molecule has 1 aromatic heterocycles. The van der Waals surface area contributed by atoms with Gasteiger partial charge in [-0.25, -0.2) is 4.98 Å². The summed E-state index contributed by atoms with van der Waals surface area (Å²) in [4.78, 5) is 4.01. The van der Waals surface area contributed by atoms with Crippen LogP contribution in [0.1, 0.15) is 18.9 Å². The van der Waals surface area contributed by atoms with Crippen molar-refractivity contribution >= 4 is 27.3 Å². The monoisotopic (exact) mass is 221 g/mol. The largest absolute Gasteiger partial charge is 0.383 e. The van der Waals surface area contributed by atoms with Crippen LogP contribution in [0.25, 0.3) is 0 Å². The molecule has 0 bridgehead atoms. The summed E-state index contributed by atoms with van der Waals surface area (Å²) in [5.74, 6) is 0. The summed E-state index contributed by atoms with van der Waals surface area (Å²) < 4.78 is 0.949. The minimum absolute atomic E-state index is 0.736. The molecule has 0 aliphatic rings. The summed E-state index contributed by atoms with van der Waals surface area (Å²) in [7, 11) is 0. The van der Waals surface area contributed by atoms with Gasteiger partial charge >= 0.3 is 0 Å². The zero-order chi connectivity index (χ0) is 7.78. The van der Waals surface area contributed by atoms with Gasteiger partial charge in [-0.3, -0.25) is 0 Å². The predicted molar refractivity (Wildman–Crippen MR) is 45.1 cm³/mol. The lowest BCUT2D eigenvalue weighted by Gasteiger charge is -2.11. The predicted octanol–water partition coefficient (Wildman–Crippen LogP) is 2.13. The zero-order valence-corrected chi connectivity index (χ0v) is 8.16. The molecule has 0 spiro atoms. The number of halogens is 1. The van der Waals surface area contributed by atoms with Gasteiger partial charge in [0.15, 0.2) is 0 Å². The van der Waals surface area contributed by atoms with E-state index >= 15 is 0 Å². The van der Waals surface area contributed by atoms with E-state index in [1.165, 1.54) is 11.3 Å². The molecule has 0 amide bonds. The average molecular weight is 222 g/mol. The second-order valence-corrected chi connectivity index (χ2v) is 4.94. The van der Waals surface area contributed by atoms with Gasteiger partial charge in [0, 0.05) is 0 Å². The third kappa shape index (κ3) is 1.78. The Labute approximate surface area is 72.0 Å². The Balaban J connectivity index is 2.96. The van der Waals surface area contributed by atoms with Gasteiger partial charge in [0.1, 0.15) is 10.6 Å². The van der Waals surface area contributed by atoms with Crippen molar-refractivity contribution in [2.75, 3.05) is 0 Å². The standard InChI is InChI=1S/C6H8BrNOS/c1-6(2,9)5-8-3-4(7)10-5/h3,9H,1-2H3. The van der Waals surface area contributed by atoms with Crippen molar-refractivity contribution in [1.82, 2.24) is 4.98 Å². The second kappa shape index (κ2) is 2.60. The van der Waals surface area contributed by atoms with Gasteiger partial charge in [-0.2, -0.15) is 0 Å². The van der Waals surface area contributed by atoms with Crippen molar-refractivity contribution < 1.29 is 5.11 Å². The molecule has 0 saturated carbocycles. The lowest BCUT2D eigenvalue weighted by atomic mass is 10.2. The van der Waals surface area contributed by atoms with Crippen molar-refractivity contribution in [1.29, 1.82) is 0 Å². The summed E-state index contributed by atoms with van der Waals surface area (Å²) in [6, 6.07) is 0. The first-order chi connectivity index (χ1) is 4.50. The van der Waals surface area contributed by atoms with Crippen molar-refractivity contribution in [3.05, 3.63) is 15.0 Å². The van der Waals surface area contributed by atoms with E-state index in [-0.39, 0.29) is 0 Å². The Bertz CT molecular complexity index is 228. The van der Waals surface area contributed by atoms with Gasteiger partial charge in [0.05, 0.1) is 9.98 Å². The molecule has 0 atom stereocenters. The van der Waals surface area contributed by atoms with Crippen molar-refractivity contribution in [2.24, 2.45) is 0 Å². The first-order valence-corrected chi connectivity index (χ1v) is 4.45. The van der Waals surface area contributed by atoms with Gasteiger partial charge in [0.2, 0.25) is 0 Å². The smallest absolute Gasteiger partial charge is 0.125 e. The van der Waals surface area contributed by atoms with Crippen LogP contribution in [0.5, 0.6) is 0 Å². The van der Waals surface area contributed by atoms with E-state index in [0.29, 0.717) is 0 Å². The molecule has 0 radical (unpaired) electrons. The number of nitrogens with zero attached hydrogens (tertiary/aromatic N) is 1. The van der Waals surface area contributed by atoms with E-state index < -0.39 is 5.60 Å². The number of hydrogen-bond acceptors (Lipinski definition) is 3. The molecule has 0 aliphatic heterocycles. The first kappa shape index (κ1) is 8.17. The average Bonchev–Trinajstić information content (AvgIpc) is 2.11. The topological polar surface area (TPSA) is 33.1 Å². The molecular formula is C6H8BrNOS. The number of aromatic nitrogens is 1. The normalized spacial score (nSPS) is 12.0. The number of aliphatic hydroxyl groups is 1. The summed E-state index contributed by atoms with van der Waals surface area (Å²) in [6.45, 7) is 3.44. The highest BCUT2D eigenvalue weighted by molar-refractivity contribution is 9.11. The van der Waals surface area contributed by atoms with Crippen LogP contribution in [0.2, 0.25) is 0 Å². The van der Waals surface area contributed by atoms with Crippen molar-refractivity contribution in [2.45, 2.75) is 19.4 Å². The van der Waals surface area contributed by atoms with Gasteiger partial charge in [-0.1, -0.05) is 0 Å². The molecule has 4 heteroatoms. The molecule has 0 fully saturated rings. The molecule has 0 aliphatic carbocycles. The maximum atomic E-state index is 9.43. The van der Waals surface area contributed by atoms with Crippen LogP contribution in [-0.4, -0.2) is 10.1 Å². The first-order valence-electron chi connectivity index (χ1n) is 2.84. The summed E-state index contributed by atoms with van der Waals surface area (Å²) >= 11 is 4.72. The lowest BCUT2D eigenvalue weighted by molar-refractivity contribution is 0.0783. The summed E-state index contributed by atoms with van der Waals surface area (Å²) in [5.41, 5.74) is -0.809. The van der Waals surface area contributed by atoms with E-state index in [4.69, 9.17) is 0 Å². The molecule has 1 heterocycles. The SMILES string of the molecule is CC(C)(O)c1ncc(Br)s1. The summed E-state index contributed by atoms with van der Waals surface area (Å²) in [5, 5.41) is 10.2. The highest BCUT2D eigenvalue weighted by atomic mass is 79.9. The fourth-order valence-electron chi connectivity index (χ4n) is 0.537. The number of thiazole rings is 1. The summed E-state index contributed by atoms with van der Waals surface area (Å²) in [6.07, 6.45) is 1.69. The molecule has 1 rings (SSSR count). The quantitative estimate of drug-likeness (QED) is 0.789. The van der Waals surface area contributed by atoms with Crippen LogP contribution in [0.15, 0.2) is 9.98 Å². The van der Waals surface area contributed by atoms with Crippen LogP contribution < -0.4 is 0 Å². The molecule has 0 unspecified atom stereocenters. The molecule has 10 heavy (non-hydrogen) atoms. The van der Waals surface area contributed by atoms with Gasteiger partial charge in [-0.15, -0.1) is 11.3 Å². The van der Waals surface area contributed by atoms with Crippen molar-refractivity contribution in [3.63, 3.8) is 0 Å². The van der Waals surface area contributed by atoms with Gasteiger partial charge in [-0.05, 0) is 29.8 Å². The van der Waals surface area contributed by atoms with Crippen LogP contribution >= 0.6 is 27.3 Å². The molecular weight excluding hydrogens is 214 g/mol. The van der Waals surface area contributed by atoms with Crippen molar-refractivity contribution in [3.8, 4) is 0 Å². The molecule has 0 aromatic carbocycles. The highest BCUT2D eigenvalue weighted by Gasteiger charge is 2.19. The number of rotatable bonds is 1. The fourth-order valence-corrected chi connectivity index (χ4v) is 1.74. The van der Waals surface area contributed by atoms with Gasteiger partial charge < -0.3 is 5.11 Å². The van der Waals surface area contributed by atoms with E-state index in [1.807, 2.05) is 0 Å². The fraction of sp³-hybridized carbons (Fsp3) is 0.500. The third-order valence-electron chi connectivity index (χ3n) is 1.00. The maximum Gasteiger partial charge on any atom is 0.125 e. The molecule has 1 aromatic rings. The van der Waals surface area contributed by atoms with Crippen LogP contribution in [-0.2, 0) is 5.60 Å². The minimum atomic E-state index is -0.809. The zero-order valence-electron chi connectivity index (χ0n) is 5.76. The number of hydrogen-bond donors (Lipinski definition) is 1. The molecule has 1 N–H and O–H groups in total. The Morgan fingerprint density at radius 3 is 2.50 bits per heavy atom. The van der Waals surface area contributed by atoms with Crippen LogP contribution in [0.3, 0.4) is 0 Å². The Morgan fingerprint density at radius 2 is 2.30 bits per heavy atom. The Morgan fingerprint density at radius 1 is 1.70 bits per heavy atom. The molecule has 56 valence electrons. The maximum absolute atomic E-state index is 9.43. The molecule has 2 nitrogen and oxygen atoms in total. The minimum Gasteiger partial charge on any atom is -0.383 e.